The van der Waals surface area contributed by atoms with E-state index in [0.717, 1.165) is 42.6 Å². The van der Waals surface area contributed by atoms with Gasteiger partial charge in [0.25, 0.3) is 10.0 Å². The van der Waals surface area contributed by atoms with Crippen molar-refractivity contribution in [3.63, 3.8) is 0 Å². The van der Waals surface area contributed by atoms with Gasteiger partial charge in [0.15, 0.2) is 0 Å². The maximum Gasteiger partial charge on any atom is 0.264 e. The Balaban J connectivity index is 1.66. The van der Waals surface area contributed by atoms with E-state index < -0.39 is 10.0 Å². The van der Waals surface area contributed by atoms with E-state index >= 15 is 0 Å². The Morgan fingerprint density at radius 2 is 1.60 bits per heavy atom. The maximum absolute atomic E-state index is 13.4. The number of hydrogen-bond donors (Lipinski definition) is 1. The first-order valence-corrected chi connectivity index (χ1v) is 13.5. The predicted molar refractivity (Wildman–Crippen MR) is 140 cm³/mol. The monoisotopic (exact) mass is 494 g/mol. The molecule has 35 heavy (non-hydrogen) atoms. The number of sulfonamides is 1. The lowest BCUT2D eigenvalue weighted by Gasteiger charge is -2.24. The van der Waals surface area contributed by atoms with Crippen LogP contribution in [0.4, 0.5) is 5.69 Å². The average Bonchev–Trinajstić information content (AvgIpc) is 2.89. The van der Waals surface area contributed by atoms with E-state index in [1.807, 2.05) is 43.3 Å². The summed E-state index contributed by atoms with van der Waals surface area (Å²) in [4.78, 5) is 13.0. The van der Waals surface area contributed by atoms with Crippen LogP contribution in [-0.4, -0.2) is 34.0 Å². The van der Waals surface area contributed by atoms with Crippen molar-refractivity contribution in [3.8, 4) is 5.75 Å². The van der Waals surface area contributed by atoms with E-state index in [4.69, 9.17) is 4.74 Å². The summed E-state index contributed by atoms with van der Waals surface area (Å²) in [7, 11) is -3.90. The van der Waals surface area contributed by atoms with Crippen molar-refractivity contribution in [2.75, 3.05) is 24.0 Å². The van der Waals surface area contributed by atoms with Crippen LogP contribution in [0.25, 0.3) is 0 Å². The molecule has 186 valence electrons. The Hall–Kier alpha value is -3.32. The van der Waals surface area contributed by atoms with Gasteiger partial charge in [0, 0.05) is 6.54 Å². The summed E-state index contributed by atoms with van der Waals surface area (Å²) < 4.78 is 33.8. The summed E-state index contributed by atoms with van der Waals surface area (Å²) in [6, 6.07) is 23.4. The molecule has 0 aliphatic rings. The van der Waals surface area contributed by atoms with E-state index in [1.165, 1.54) is 4.31 Å². The fraction of sp³-hybridized carbons (Fsp3) is 0.321. The van der Waals surface area contributed by atoms with Crippen LogP contribution in [0.1, 0.15) is 37.8 Å². The summed E-state index contributed by atoms with van der Waals surface area (Å²) >= 11 is 0. The summed E-state index contributed by atoms with van der Waals surface area (Å²) in [5.41, 5.74) is 2.65. The van der Waals surface area contributed by atoms with Crippen LogP contribution in [-0.2, 0) is 27.7 Å². The molecular weight excluding hydrogens is 460 g/mol. The van der Waals surface area contributed by atoms with Crippen LogP contribution in [0.15, 0.2) is 83.8 Å². The molecule has 3 aromatic carbocycles. The molecule has 0 saturated heterocycles. The van der Waals surface area contributed by atoms with Crippen molar-refractivity contribution >= 4 is 21.6 Å². The molecule has 0 unspecified atom stereocenters. The molecule has 1 amide bonds. The molecule has 0 aromatic heterocycles. The molecule has 0 heterocycles. The molecule has 3 aromatic rings. The highest BCUT2D eigenvalue weighted by molar-refractivity contribution is 7.92. The van der Waals surface area contributed by atoms with Crippen LogP contribution in [0.2, 0.25) is 0 Å². The fourth-order valence-corrected chi connectivity index (χ4v) is 5.13. The van der Waals surface area contributed by atoms with E-state index in [2.05, 4.69) is 12.2 Å². The number of nitrogens with zero attached hydrogens (tertiary/aromatic N) is 1. The zero-order valence-corrected chi connectivity index (χ0v) is 21.3. The smallest absolute Gasteiger partial charge is 0.264 e. The highest BCUT2D eigenvalue weighted by Crippen LogP contribution is 2.24. The van der Waals surface area contributed by atoms with E-state index in [-0.39, 0.29) is 17.3 Å². The highest BCUT2D eigenvalue weighted by atomic mass is 32.2. The van der Waals surface area contributed by atoms with Gasteiger partial charge in [0.2, 0.25) is 5.91 Å². The Morgan fingerprint density at radius 3 is 2.29 bits per heavy atom. The van der Waals surface area contributed by atoms with Crippen molar-refractivity contribution in [2.24, 2.45) is 0 Å². The summed E-state index contributed by atoms with van der Waals surface area (Å²) in [5.74, 6) is 0.524. The quantitative estimate of drug-likeness (QED) is 0.340. The number of carbonyl (C=O) groups is 1. The zero-order valence-electron chi connectivity index (χ0n) is 20.4. The topological polar surface area (TPSA) is 75.7 Å². The standard InChI is InChI=1S/C28H34N2O4S/c1-3-21-34-27-15-9-8-11-24(27)12-10-20-29-28(31)22-30(25-18-16-23(4-2)17-19-25)35(32,33)26-13-6-5-7-14-26/h5-9,11,13-19H,3-4,10,12,20-22H2,1-2H3,(H,29,31). The van der Waals surface area contributed by atoms with Crippen LogP contribution >= 0.6 is 0 Å². The number of carbonyl (C=O) groups excluding carboxylic acids is 1. The Kier molecular flexibility index (Phi) is 9.73. The maximum atomic E-state index is 13.4. The Labute approximate surface area is 209 Å². The first-order chi connectivity index (χ1) is 17.0. The third-order valence-corrected chi connectivity index (χ3v) is 7.42. The average molecular weight is 495 g/mol. The first kappa shape index (κ1) is 26.3. The van der Waals surface area contributed by atoms with E-state index in [9.17, 15) is 13.2 Å². The van der Waals surface area contributed by atoms with Gasteiger partial charge in [0.1, 0.15) is 12.3 Å². The number of rotatable bonds is 13. The van der Waals surface area contributed by atoms with Crippen LogP contribution < -0.4 is 14.4 Å². The van der Waals surface area contributed by atoms with Crippen molar-refractivity contribution < 1.29 is 17.9 Å². The number of hydrogen-bond acceptors (Lipinski definition) is 4. The van der Waals surface area contributed by atoms with Gasteiger partial charge in [0.05, 0.1) is 17.2 Å². The molecule has 0 aliphatic carbocycles. The highest BCUT2D eigenvalue weighted by Gasteiger charge is 2.27. The Bertz CT molecular complexity index is 1180. The van der Waals surface area contributed by atoms with Crippen molar-refractivity contribution in [1.82, 2.24) is 5.32 Å². The third-order valence-electron chi connectivity index (χ3n) is 5.63. The Morgan fingerprint density at radius 1 is 0.914 bits per heavy atom. The molecule has 7 heteroatoms. The van der Waals surface area contributed by atoms with Crippen molar-refractivity contribution in [3.05, 3.63) is 90.0 Å². The van der Waals surface area contributed by atoms with Gasteiger partial charge in [-0.3, -0.25) is 9.10 Å². The largest absolute Gasteiger partial charge is 0.493 e. The molecule has 0 fully saturated rings. The number of amides is 1. The third kappa shape index (κ3) is 7.33. The van der Waals surface area contributed by atoms with E-state index in [0.29, 0.717) is 18.8 Å². The van der Waals surface area contributed by atoms with Crippen LogP contribution in [0.5, 0.6) is 5.75 Å². The summed E-state index contributed by atoms with van der Waals surface area (Å²) in [6.45, 7) is 4.92. The SMILES string of the molecule is CCCOc1ccccc1CCCNC(=O)CN(c1ccc(CC)cc1)S(=O)(=O)c1ccccc1. The minimum absolute atomic E-state index is 0.149. The number of ether oxygens (including phenoxy) is 1. The molecule has 3 rings (SSSR count). The second-order valence-electron chi connectivity index (χ2n) is 8.25. The van der Waals surface area contributed by atoms with Crippen molar-refractivity contribution in [1.29, 1.82) is 0 Å². The van der Waals surface area contributed by atoms with Gasteiger partial charge in [-0.15, -0.1) is 0 Å². The fourth-order valence-electron chi connectivity index (χ4n) is 3.69. The van der Waals surface area contributed by atoms with E-state index in [1.54, 1.807) is 42.5 Å². The molecule has 1 N–H and O–H groups in total. The molecule has 0 saturated carbocycles. The number of anilines is 1. The van der Waals surface area contributed by atoms with Gasteiger partial charge >= 0.3 is 0 Å². The molecule has 0 aliphatic heterocycles. The minimum Gasteiger partial charge on any atom is -0.493 e. The zero-order chi connectivity index (χ0) is 25.1. The van der Waals surface area contributed by atoms with Gasteiger partial charge in [-0.1, -0.05) is 62.4 Å². The lowest BCUT2D eigenvalue weighted by molar-refractivity contribution is -0.119. The molecule has 0 spiro atoms. The molecule has 6 nitrogen and oxygen atoms in total. The second-order valence-corrected chi connectivity index (χ2v) is 10.1. The van der Waals surface area contributed by atoms with Gasteiger partial charge in [-0.05, 0) is 67.1 Å². The van der Waals surface area contributed by atoms with Gasteiger partial charge < -0.3 is 10.1 Å². The number of aryl methyl sites for hydroxylation is 2. The second kappa shape index (κ2) is 13.0. The van der Waals surface area contributed by atoms with Gasteiger partial charge in [-0.25, -0.2) is 8.42 Å². The number of benzene rings is 3. The summed E-state index contributed by atoms with van der Waals surface area (Å²) in [5, 5.41) is 2.88. The van der Waals surface area contributed by atoms with Crippen LogP contribution in [0.3, 0.4) is 0 Å². The van der Waals surface area contributed by atoms with Gasteiger partial charge in [-0.2, -0.15) is 0 Å². The van der Waals surface area contributed by atoms with Crippen molar-refractivity contribution in [2.45, 2.75) is 44.4 Å². The molecule has 0 bridgehead atoms. The minimum atomic E-state index is -3.90. The summed E-state index contributed by atoms with van der Waals surface area (Å²) in [6.07, 6.45) is 3.26. The number of para-hydroxylation sites is 1. The predicted octanol–water partition coefficient (Wildman–Crippen LogP) is 4.98. The lowest BCUT2D eigenvalue weighted by atomic mass is 10.1. The molecular formula is C28H34N2O4S. The molecule has 0 atom stereocenters. The number of nitrogens with one attached hydrogen (secondary N) is 1. The first-order valence-electron chi connectivity index (χ1n) is 12.1. The molecule has 0 radical (unpaired) electrons. The lowest BCUT2D eigenvalue weighted by Crippen LogP contribution is -2.41. The normalized spacial score (nSPS) is 11.1. The van der Waals surface area contributed by atoms with Crippen LogP contribution in [0, 0.1) is 0 Å².